The van der Waals surface area contributed by atoms with Gasteiger partial charge in [0.05, 0.1) is 5.02 Å². The maximum atomic E-state index is 11.9. The molecule has 104 valence electrons. The van der Waals surface area contributed by atoms with Gasteiger partial charge in [-0.25, -0.2) is 4.79 Å². The van der Waals surface area contributed by atoms with Gasteiger partial charge in [-0.05, 0) is 41.8 Å². The molecule has 0 bridgehead atoms. The highest BCUT2D eigenvalue weighted by Gasteiger charge is 2.23. The summed E-state index contributed by atoms with van der Waals surface area (Å²) in [5, 5.41) is 5.74. The number of hydrogen-bond acceptors (Lipinski definition) is 3. The van der Waals surface area contributed by atoms with E-state index >= 15 is 0 Å². The Morgan fingerprint density at radius 3 is 2.55 bits per heavy atom. The van der Waals surface area contributed by atoms with Crippen molar-refractivity contribution >= 4 is 29.0 Å². The van der Waals surface area contributed by atoms with Gasteiger partial charge in [-0.1, -0.05) is 35.9 Å². The summed E-state index contributed by atoms with van der Waals surface area (Å²) in [5.74, 6) is 0. The molecule has 1 amide bonds. The minimum absolute atomic E-state index is 0.0970. The molecule has 5 heteroatoms. The summed E-state index contributed by atoms with van der Waals surface area (Å²) in [7, 11) is 0. The molecule has 1 N–H and O–H groups in total. The van der Waals surface area contributed by atoms with Gasteiger partial charge >= 0.3 is 6.09 Å². The number of carbonyl (C=O) groups is 1. The minimum Gasteiger partial charge on any atom is -0.398 e. The van der Waals surface area contributed by atoms with E-state index in [9.17, 15) is 4.79 Å². The van der Waals surface area contributed by atoms with Crippen LogP contribution in [0.25, 0.3) is 0 Å². The molecule has 1 aliphatic carbocycles. The molecule has 1 aliphatic rings. The van der Waals surface area contributed by atoms with Crippen LogP contribution < -0.4 is 10.1 Å². The summed E-state index contributed by atoms with van der Waals surface area (Å²) in [6.07, 6.45) is 1.26. The summed E-state index contributed by atoms with van der Waals surface area (Å²) < 4.78 is 5.26. The second-order valence-electron chi connectivity index (χ2n) is 4.93. The first kappa shape index (κ1) is 13.5. The number of carbonyl (C=O) groups excluding carboxylic acids is 1. The SMILES string of the molecule is Cc1csc(OC(=O)NC2Cc3ccccc3C2)c1Cl. The van der Waals surface area contributed by atoms with E-state index in [-0.39, 0.29) is 6.04 Å². The number of benzene rings is 1. The summed E-state index contributed by atoms with van der Waals surface area (Å²) in [4.78, 5) is 11.9. The first-order valence-electron chi connectivity index (χ1n) is 6.42. The van der Waals surface area contributed by atoms with Crippen molar-refractivity contribution in [3.05, 3.63) is 51.4 Å². The smallest absolute Gasteiger partial charge is 0.398 e. The number of thiophene rings is 1. The minimum atomic E-state index is -0.438. The fourth-order valence-electron chi connectivity index (χ4n) is 2.42. The van der Waals surface area contributed by atoms with Crippen molar-refractivity contribution in [1.29, 1.82) is 0 Å². The second kappa shape index (κ2) is 5.46. The van der Waals surface area contributed by atoms with Crippen molar-refractivity contribution in [2.75, 3.05) is 0 Å². The lowest BCUT2D eigenvalue weighted by atomic mass is 10.1. The van der Waals surface area contributed by atoms with Crippen molar-refractivity contribution in [1.82, 2.24) is 5.32 Å². The quantitative estimate of drug-likeness (QED) is 0.912. The van der Waals surface area contributed by atoms with Gasteiger partial charge in [-0.3, -0.25) is 0 Å². The van der Waals surface area contributed by atoms with Gasteiger partial charge in [-0.2, -0.15) is 0 Å². The summed E-state index contributed by atoms with van der Waals surface area (Å²) in [6.45, 7) is 1.89. The van der Waals surface area contributed by atoms with Crippen LogP contribution in [0.3, 0.4) is 0 Å². The molecule has 20 heavy (non-hydrogen) atoms. The van der Waals surface area contributed by atoms with Gasteiger partial charge in [0.1, 0.15) is 0 Å². The largest absolute Gasteiger partial charge is 0.413 e. The zero-order valence-corrected chi connectivity index (χ0v) is 12.6. The lowest BCUT2D eigenvalue weighted by molar-refractivity contribution is 0.198. The third kappa shape index (κ3) is 2.67. The summed E-state index contributed by atoms with van der Waals surface area (Å²) in [5.41, 5.74) is 3.51. The maximum absolute atomic E-state index is 11.9. The maximum Gasteiger partial charge on any atom is 0.413 e. The van der Waals surface area contributed by atoms with Crippen LogP contribution in [-0.2, 0) is 12.8 Å². The monoisotopic (exact) mass is 307 g/mol. The number of halogens is 1. The zero-order chi connectivity index (χ0) is 14.1. The Balaban J connectivity index is 1.60. The highest BCUT2D eigenvalue weighted by atomic mass is 35.5. The second-order valence-corrected chi connectivity index (χ2v) is 6.15. The molecule has 0 radical (unpaired) electrons. The van der Waals surface area contributed by atoms with Crippen molar-refractivity contribution < 1.29 is 9.53 Å². The number of fused-ring (bicyclic) bond motifs is 1. The molecular formula is C15H14ClNO2S. The highest BCUT2D eigenvalue weighted by Crippen LogP contribution is 2.34. The van der Waals surface area contributed by atoms with E-state index in [1.165, 1.54) is 22.5 Å². The van der Waals surface area contributed by atoms with Crippen LogP contribution in [0.4, 0.5) is 4.79 Å². The third-order valence-electron chi connectivity index (χ3n) is 3.43. The molecule has 3 nitrogen and oxygen atoms in total. The Labute approximate surface area is 126 Å². The van der Waals surface area contributed by atoms with Crippen LogP contribution in [0.1, 0.15) is 16.7 Å². The van der Waals surface area contributed by atoms with Crippen molar-refractivity contribution in [2.24, 2.45) is 0 Å². The Hall–Kier alpha value is -1.52. The number of aryl methyl sites for hydroxylation is 1. The fraction of sp³-hybridized carbons (Fsp3) is 0.267. The normalized spacial score (nSPS) is 14.1. The molecule has 1 heterocycles. The predicted molar refractivity (Wildman–Crippen MR) is 80.9 cm³/mol. The lowest BCUT2D eigenvalue weighted by Gasteiger charge is -2.11. The van der Waals surface area contributed by atoms with Gasteiger partial charge in [0, 0.05) is 6.04 Å². The number of hydrogen-bond donors (Lipinski definition) is 1. The Bertz CT molecular complexity index is 628. The van der Waals surface area contributed by atoms with Crippen LogP contribution in [0.5, 0.6) is 5.06 Å². The Morgan fingerprint density at radius 1 is 1.35 bits per heavy atom. The number of nitrogens with one attached hydrogen (secondary N) is 1. The van der Waals surface area contributed by atoms with E-state index in [1.54, 1.807) is 0 Å². The summed E-state index contributed by atoms with van der Waals surface area (Å²) in [6, 6.07) is 8.34. The van der Waals surface area contributed by atoms with E-state index < -0.39 is 6.09 Å². The average molecular weight is 308 g/mol. The van der Waals surface area contributed by atoms with Gasteiger partial charge in [-0.15, -0.1) is 11.3 Å². The van der Waals surface area contributed by atoms with Crippen molar-refractivity contribution in [3.63, 3.8) is 0 Å². The van der Waals surface area contributed by atoms with Crippen molar-refractivity contribution in [2.45, 2.75) is 25.8 Å². The van der Waals surface area contributed by atoms with Crippen LogP contribution in [0, 0.1) is 6.92 Å². The first-order valence-corrected chi connectivity index (χ1v) is 7.68. The molecule has 0 fully saturated rings. The molecule has 3 rings (SSSR count). The Kier molecular flexibility index (Phi) is 3.68. The zero-order valence-electron chi connectivity index (χ0n) is 11.0. The molecule has 0 saturated heterocycles. The van der Waals surface area contributed by atoms with Crippen LogP contribution in [0.2, 0.25) is 5.02 Å². The van der Waals surface area contributed by atoms with Gasteiger partial charge in [0.25, 0.3) is 0 Å². The molecule has 0 saturated carbocycles. The van der Waals surface area contributed by atoms with E-state index in [0.717, 1.165) is 18.4 Å². The van der Waals surface area contributed by atoms with Crippen molar-refractivity contribution in [3.8, 4) is 5.06 Å². The lowest BCUT2D eigenvalue weighted by Crippen LogP contribution is -2.37. The molecule has 0 aliphatic heterocycles. The van der Waals surface area contributed by atoms with Gasteiger partial charge in [0.15, 0.2) is 0 Å². The number of amides is 1. The highest BCUT2D eigenvalue weighted by molar-refractivity contribution is 7.12. The van der Waals surface area contributed by atoms with Crippen LogP contribution in [0.15, 0.2) is 29.6 Å². The molecule has 1 aromatic heterocycles. The number of ether oxygens (including phenoxy) is 1. The van der Waals surface area contributed by atoms with E-state index in [1.807, 2.05) is 24.4 Å². The van der Waals surface area contributed by atoms with E-state index in [2.05, 4.69) is 17.4 Å². The molecule has 2 aromatic rings. The average Bonchev–Trinajstić information content (AvgIpc) is 2.96. The summed E-state index contributed by atoms with van der Waals surface area (Å²) >= 11 is 7.38. The fourth-order valence-corrected chi connectivity index (χ4v) is 3.50. The predicted octanol–water partition coefficient (Wildman–Crippen LogP) is 3.97. The molecule has 1 aromatic carbocycles. The Morgan fingerprint density at radius 2 is 2.00 bits per heavy atom. The molecule has 0 atom stereocenters. The van der Waals surface area contributed by atoms with Crippen LogP contribution in [-0.4, -0.2) is 12.1 Å². The third-order valence-corrected chi connectivity index (χ3v) is 4.98. The van der Waals surface area contributed by atoms with E-state index in [4.69, 9.17) is 16.3 Å². The van der Waals surface area contributed by atoms with Crippen LogP contribution >= 0.6 is 22.9 Å². The number of rotatable bonds is 2. The van der Waals surface area contributed by atoms with E-state index in [0.29, 0.717) is 10.1 Å². The molecular weight excluding hydrogens is 294 g/mol. The molecule has 0 unspecified atom stereocenters. The first-order chi connectivity index (χ1) is 9.63. The van der Waals surface area contributed by atoms with Gasteiger partial charge in [0.2, 0.25) is 5.06 Å². The topological polar surface area (TPSA) is 38.3 Å². The molecule has 0 spiro atoms. The standard InChI is InChI=1S/C15H14ClNO2S/c1-9-8-20-14(13(9)16)19-15(18)17-12-6-10-4-2-3-5-11(10)7-12/h2-5,8,12H,6-7H2,1H3,(H,17,18). The van der Waals surface area contributed by atoms with Gasteiger partial charge < -0.3 is 10.1 Å².